The fourth-order valence-corrected chi connectivity index (χ4v) is 3.26. The molecule has 0 spiro atoms. The molecule has 0 saturated heterocycles. The number of aromatic nitrogens is 1. The number of hydrogen-bond donors (Lipinski definition) is 1. The van der Waals surface area contributed by atoms with Gasteiger partial charge in [-0.3, -0.25) is 9.59 Å². The van der Waals surface area contributed by atoms with Crippen molar-refractivity contribution in [2.24, 2.45) is 5.92 Å². The molecule has 3 rings (SSSR count). The molecule has 0 radical (unpaired) electrons. The number of carbonyl (C=O) groups excluding carboxylic acids is 1. The normalized spacial score (nSPS) is 11.0. The van der Waals surface area contributed by atoms with Crippen LogP contribution in [-0.4, -0.2) is 18.0 Å². The Kier molecular flexibility index (Phi) is 5.83. The number of benzene rings is 2. The Balaban J connectivity index is 2.01. The van der Waals surface area contributed by atoms with Gasteiger partial charge in [-0.25, -0.2) is 0 Å². The second-order valence-electron chi connectivity index (χ2n) is 7.44. The first-order chi connectivity index (χ1) is 13.4. The summed E-state index contributed by atoms with van der Waals surface area (Å²) in [5, 5.41) is 0.959. The molecule has 2 aromatic carbocycles. The molecule has 28 heavy (non-hydrogen) atoms. The molecule has 0 saturated carbocycles. The molecule has 5 heteroatoms. The number of anilines is 1. The van der Waals surface area contributed by atoms with Gasteiger partial charge in [-0.15, -0.1) is 0 Å². The number of rotatable bonds is 6. The van der Waals surface area contributed by atoms with Crippen LogP contribution >= 0.6 is 0 Å². The van der Waals surface area contributed by atoms with Crippen molar-refractivity contribution in [2.45, 2.75) is 33.7 Å². The van der Waals surface area contributed by atoms with Crippen LogP contribution in [0.1, 0.15) is 31.4 Å². The highest BCUT2D eigenvalue weighted by Gasteiger charge is 2.19. The fourth-order valence-electron chi connectivity index (χ4n) is 3.26. The highest BCUT2D eigenvalue weighted by Crippen LogP contribution is 2.23. The molecule has 0 aliphatic heterocycles. The number of pyridine rings is 1. The Labute approximate surface area is 165 Å². The van der Waals surface area contributed by atoms with E-state index in [0.717, 1.165) is 27.9 Å². The quantitative estimate of drug-likeness (QED) is 0.690. The average Bonchev–Trinajstić information content (AvgIpc) is 2.66. The predicted molar refractivity (Wildman–Crippen MR) is 113 cm³/mol. The van der Waals surface area contributed by atoms with Gasteiger partial charge in [-0.05, 0) is 54.1 Å². The van der Waals surface area contributed by atoms with E-state index < -0.39 is 0 Å². The predicted octanol–water partition coefficient (Wildman–Crippen LogP) is 4.42. The van der Waals surface area contributed by atoms with Crippen LogP contribution in [0.2, 0.25) is 0 Å². The molecule has 0 aliphatic carbocycles. The van der Waals surface area contributed by atoms with Gasteiger partial charge in [-0.1, -0.05) is 32.0 Å². The van der Waals surface area contributed by atoms with Gasteiger partial charge in [0, 0.05) is 17.7 Å². The average molecular weight is 378 g/mol. The van der Waals surface area contributed by atoms with Crippen molar-refractivity contribution in [3.05, 3.63) is 70.0 Å². The summed E-state index contributed by atoms with van der Waals surface area (Å²) < 4.78 is 5.21. The van der Waals surface area contributed by atoms with Crippen LogP contribution < -0.4 is 15.2 Å². The lowest BCUT2D eigenvalue weighted by Gasteiger charge is -2.24. The summed E-state index contributed by atoms with van der Waals surface area (Å²) in [6.07, 6.45) is 0.413. The monoisotopic (exact) mass is 378 g/mol. The molecule has 0 fully saturated rings. The largest absolute Gasteiger partial charge is 0.497 e. The number of para-hydroxylation sites is 1. The van der Waals surface area contributed by atoms with E-state index in [1.54, 1.807) is 12.0 Å². The summed E-state index contributed by atoms with van der Waals surface area (Å²) in [6, 6.07) is 15.1. The molecule has 0 bridgehead atoms. The first kappa shape index (κ1) is 19.7. The van der Waals surface area contributed by atoms with Gasteiger partial charge in [0.05, 0.1) is 19.2 Å². The van der Waals surface area contributed by atoms with Crippen LogP contribution in [0.4, 0.5) is 5.69 Å². The van der Waals surface area contributed by atoms with E-state index in [1.165, 1.54) is 0 Å². The van der Waals surface area contributed by atoms with Crippen LogP contribution in [0.3, 0.4) is 0 Å². The minimum Gasteiger partial charge on any atom is -0.497 e. The van der Waals surface area contributed by atoms with Gasteiger partial charge < -0.3 is 14.6 Å². The lowest BCUT2D eigenvalue weighted by Crippen LogP contribution is -2.33. The Hall–Kier alpha value is -3.08. The molecule has 146 valence electrons. The zero-order chi connectivity index (χ0) is 20.3. The first-order valence-corrected chi connectivity index (χ1v) is 9.45. The second-order valence-corrected chi connectivity index (χ2v) is 7.44. The van der Waals surface area contributed by atoms with E-state index in [9.17, 15) is 9.59 Å². The highest BCUT2D eigenvalue weighted by molar-refractivity contribution is 5.93. The van der Waals surface area contributed by atoms with E-state index in [1.807, 2.05) is 69.3 Å². The summed E-state index contributed by atoms with van der Waals surface area (Å²) in [4.78, 5) is 30.2. The summed E-state index contributed by atoms with van der Waals surface area (Å²) in [5.41, 5.74) is 2.99. The van der Waals surface area contributed by atoms with Crippen molar-refractivity contribution < 1.29 is 9.53 Å². The van der Waals surface area contributed by atoms with Gasteiger partial charge in [0.2, 0.25) is 5.91 Å². The van der Waals surface area contributed by atoms with Crippen LogP contribution in [0, 0.1) is 12.8 Å². The molecule has 0 aliphatic rings. The summed E-state index contributed by atoms with van der Waals surface area (Å²) in [6.45, 7) is 6.20. The fraction of sp³-hybridized carbons (Fsp3) is 0.304. The van der Waals surface area contributed by atoms with Gasteiger partial charge >= 0.3 is 0 Å². The topological polar surface area (TPSA) is 62.4 Å². The van der Waals surface area contributed by atoms with Crippen LogP contribution in [0.25, 0.3) is 10.9 Å². The van der Waals surface area contributed by atoms with Gasteiger partial charge in [-0.2, -0.15) is 0 Å². The van der Waals surface area contributed by atoms with Gasteiger partial charge in [0.15, 0.2) is 0 Å². The van der Waals surface area contributed by atoms with Crippen molar-refractivity contribution in [3.63, 3.8) is 0 Å². The number of aromatic amines is 1. The van der Waals surface area contributed by atoms with E-state index >= 15 is 0 Å². The standard InChI is InChI=1S/C23H26N2O3/c1-15(2)12-21(26)25(19-8-10-20(28-4)11-9-19)14-18-13-17-7-5-6-16(3)22(17)24-23(18)27/h5-11,13,15H,12,14H2,1-4H3,(H,24,27). The number of methoxy groups -OCH3 is 1. The Morgan fingerprint density at radius 2 is 1.86 bits per heavy atom. The molecule has 1 aromatic heterocycles. The van der Waals surface area contributed by atoms with E-state index in [4.69, 9.17) is 4.74 Å². The number of H-pyrrole nitrogens is 1. The maximum absolute atomic E-state index is 12.9. The lowest BCUT2D eigenvalue weighted by atomic mass is 10.1. The molecule has 5 nitrogen and oxygen atoms in total. The van der Waals surface area contributed by atoms with Crippen molar-refractivity contribution >= 4 is 22.5 Å². The molecule has 0 unspecified atom stereocenters. The van der Waals surface area contributed by atoms with Crippen molar-refractivity contribution in [2.75, 3.05) is 12.0 Å². The number of hydrogen-bond acceptors (Lipinski definition) is 3. The molecule has 1 amide bonds. The number of ether oxygens (including phenoxy) is 1. The molecule has 1 N–H and O–H groups in total. The minimum atomic E-state index is -0.169. The maximum Gasteiger partial charge on any atom is 0.253 e. The summed E-state index contributed by atoms with van der Waals surface area (Å²) in [7, 11) is 1.60. The SMILES string of the molecule is COc1ccc(N(Cc2cc3cccc(C)c3[nH]c2=O)C(=O)CC(C)C)cc1. The summed E-state index contributed by atoms with van der Waals surface area (Å²) >= 11 is 0. The van der Waals surface area contributed by atoms with E-state index in [-0.39, 0.29) is 23.9 Å². The number of carbonyl (C=O) groups is 1. The Morgan fingerprint density at radius 3 is 2.50 bits per heavy atom. The molecular formula is C23H26N2O3. The molecular weight excluding hydrogens is 352 g/mol. The minimum absolute atomic E-state index is 0.0103. The Morgan fingerprint density at radius 1 is 1.14 bits per heavy atom. The first-order valence-electron chi connectivity index (χ1n) is 9.45. The number of aryl methyl sites for hydroxylation is 1. The zero-order valence-electron chi connectivity index (χ0n) is 16.8. The van der Waals surface area contributed by atoms with Gasteiger partial charge in [0.1, 0.15) is 5.75 Å². The van der Waals surface area contributed by atoms with Crippen LogP contribution in [0.5, 0.6) is 5.75 Å². The van der Waals surface area contributed by atoms with Crippen molar-refractivity contribution in [1.82, 2.24) is 4.98 Å². The smallest absolute Gasteiger partial charge is 0.253 e. The van der Waals surface area contributed by atoms with Crippen LogP contribution in [0.15, 0.2) is 53.3 Å². The number of amides is 1. The maximum atomic E-state index is 12.9. The Bertz CT molecular complexity index is 1040. The number of fused-ring (bicyclic) bond motifs is 1. The molecule has 3 aromatic rings. The third-order valence-electron chi connectivity index (χ3n) is 4.76. The molecule has 1 heterocycles. The molecule has 0 atom stereocenters. The van der Waals surface area contributed by atoms with E-state index in [2.05, 4.69) is 4.98 Å². The number of nitrogens with one attached hydrogen (secondary N) is 1. The zero-order valence-corrected chi connectivity index (χ0v) is 16.8. The lowest BCUT2D eigenvalue weighted by molar-refractivity contribution is -0.119. The third-order valence-corrected chi connectivity index (χ3v) is 4.76. The van der Waals surface area contributed by atoms with Crippen molar-refractivity contribution in [3.8, 4) is 5.75 Å². The second kappa shape index (κ2) is 8.30. The number of nitrogens with zero attached hydrogens (tertiary/aromatic N) is 1. The third kappa shape index (κ3) is 4.25. The highest BCUT2D eigenvalue weighted by atomic mass is 16.5. The van der Waals surface area contributed by atoms with Crippen molar-refractivity contribution in [1.29, 1.82) is 0 Å². The van der Waals surface area contributed by atoms with Gasteiger partial charge in [0.25, 0.3) is 5.56 Å². The summed E-state index contributed by atoms with van der Waals surface area (Å²) in [5.74, 6) is 0.939. The van der Waals surface area contributed by atoms with Crippen LogP contribution in [-0.2, 0) is 11.3 Å². The van der Waals surface area contributed by atoms with E-state index in [0.29, 0.717) is 12.0 Å².